The lowest BCUT2D eigenvalue weighted by Gasteiger charge is -2.28. The summed E-state index contributed by atoms with van der Waals surface area (Å²) in [5, 5.41) is 129. The molecule has 12 aromatic rings. The van der Waals surface area contributed by atoms with Gasteiger partial charge in [-0.2, -0.15) is 0 Å². The minimum Gasteiger partial charge on any atom is -0.491 e. The Bertz CT molecular complexity index is 5370. The van der Waals surface area contributed by atoms with Crippen molar-refractivity contribution >= 4 is 205 Å². The summed E-state index contributed by atoms with van der Waals surface area (Å²) in [6.45, 7) is 1.11. The van der Waals surface area contributed by atoms with E-state index in [1.165, 1.54) is 92.4 Å². The first-order valence-electron chi connectivity index (χ1n) is 42.2. The fourth-order valence-electron chi connectivity index (χ4n) is 13.8. The lowest BCUT2D eigenvalue weighted by Crippen LogP contribution is -2.41. The number of ether oxygens (including phenoxy) is 8. The normalized spacial score (nSPS) is 13.2. The molecular weight excluding hydrogens is 1950 g/mol. The number of benzene rings is 8. The Morgan fingerprint density at radius 2 is 0.478 bits per heavy atom. The maximum atomic E-state index is 11.2. The van der Waals surface area contributed by atoms with Crippen molar-refractivity contribution in [1.29, 1.82) is 0 Å². The molecule has 4 heterocycles. The summed E-state index contributed by atoms with van der Waals surface area (Å²) >= 11 is 33.3. The van der Waals surface area contributed by atoms with Crippen LogP contribution in [-0.4, -0.2) is 377 Å². The summed E-state index contributed by atoms with van der Waals surface area (Å²) < 4.78 is 53.8. The molecule has 0 bridgehead atoms. The van der Waals surface area contributed by atoms with Crippen LogP contribution in [0.2, 0.25) is 0 Å². The zero-order valence-corrected chi connectivity index (χ0v) is 85.9. The summed E-state index contributed by atoms with van der Waals surface area (Å²) in [7, 11) is 22.1. The average Bonchev–Trinajstić information content (AvgIpc) is 0.845. The van der Waals surface area contributed by atoms with Gasteiger partial charge in [-0.05, 0) is 165 Å². The molecule has 0 fully saturated rings. The van der Waals surface area contributed by atoms with E-state index in [1.54, 1.807) is 61.2 Å². The SMILES string of the molecule is CN(C)C(=S)N(C)CC(O)COc1ccc2ccc(OCC(O)CN(C)C(=S)N(C)C)c(Cc3c(OCC(O)CN(C)C(=S)N(C)C)ccc4ccc(OCC(O)CN(C)C(=S)N(C)C)cc34)c2c1.OC(COc1ccc2ccc(OCC(O)CSc3nncs3)c(Cc3c(OCC(O)CSc4nncs4)ccc4ccc(OCC(O)CSc5nncs5)cc34)c2c1)CSc1nncs1. The van der Waals surface area contributed by atoms with E-state index < -0.39 is 48.8 Å². The molecule has 12 rings (SSSR count). The van der Waals surface area contributed by atoms with Gasteiger partial charge < -0.3 is 118 Å². The Balaban J connectivity index is 0.000000258. The molecule has 8 unspecified atom stereocenters. The highest BCUT2D eigenvalue weighted by Gasteiger charge is 2.26. The van der Waals surface area contributed by atoms with Crippen LogP contribution in [0.4, 0.5) is 0 Å². The van der Waals surface area contributed by atoms with Gasteiger partial charge in [0.1, 0.15) is 145 Å². The van der Waals surface area contributed by atoms with Crippen molar-refractivity contribution in [2.24, 2.45) is 0 Å². The predicted molar refractivity (Wildman–Crippen MR) is 552 cm³/mol. The number of fused-ring (bicyclic) bond motifs is 4. The lowest BCUT2D eigenvalue weighted by atomic mass is 9.93. The molecule has 8 atom stereocenters. The van der Waals surface area contributed by atoms with Crippen LogP contribution in [0.3, 0.4) is 0 Å². The number of thioether (sulfide) groups is 4. The Kier molecular flexibility index (Phi) is 41.6. The molecule has 0 aliphatic heterocycles. The molecule has 0 aliphatic carbocycles. The standard InChI is InChI=1S/C49H72N8O8S4.C41H40N8O8S8/c1-50(2)46(66)54(9)24-34(58)28-62-38-17-13-32-15-19-44(64-30-36(60)26-56(11)48(68)52(5)6)42(40(32)21-38)23-43-41-22-39(63-29-35(59)25-55(10)47(67)51(3)4)18-14-33(41)16-20-45(43)65-31-37(61)27-57(12)49(69)53(7)8;50-26(16-58-38-46-42-20-62-38)12-54-30-5-1-24-3-7-36(56-14-28(52)18-60-40-48-44-22-64-40)34(32(24)9-30)11-35-33-10-31(55-13-27(51)17-59-39-47-43-21-63-39)6-2-25(33)4-8-37(35)57-15-29(53)19-61-41-49-45-23-65-41/h13-22,34-37,58-61H,23-31H2,1-12H3;1-10,20-23,26-29,50-53H,11-19H2. The third-order valence-corrected chi connectivity index (χ3v) is 30.9. The maximum Gasteiger partial charge on any atom is 0.174 e. The molecule has 134 heavy (non-hydrogen) atoms. The topological polar surface area (TPSA) is 365 Å². The Hall–Kier alpha value is -8.72. The second-order valence-electron chi connectivity index (χ2n) is 32.1. The lowest BCUT2D eigenvalue weighted by molar-refractivity contribution is 0.0893. The molecule has 0 radical (unpaired) electrons. The Labute approximate surface area is 833 Å². The Morgan fingerprint density at radius 3 is 0.679 bits per heavy atom. The summed E-state index contributed by atoms with van der Waals surface area (Å²) in [5.41, 5.74) is 9.74. The summed E-state index contributed by atoms with van der Waals surface area (Å²) in [6, 6.07) is 38.4. The maximum absolute atomic E-state index is 11.2. The number of likely N-dealkylation sites (N-methyl/N-ethyl adjacent to an activating group) is 4. The molecule has 44 heteroatoms. The quantitative estimate of drug-likeness (QED) is 0.0130. The highest BCUT2D eigenvalue weighted by molar-refractivity contribution is 8.01. The fourth-order valence-corrected chi connectivity index (χ4v) is 19.8. The van der Waals surface area contributed by atoms with Crippen molar-refractivity contribution in [2.45, 2.75) is 79.0 Å². The smallest absolute Gasteiger partial charge is 0.174 e. The van der Waals surface area contributed by atoms with Gasteiger partial charge in [0.2, 0.25) is 0 Å². The van der Waals surface area contributed by atoms with Crippen molar-refractivity contribution in [3.05, 3.63) is 166 Å². The first-order chi connectivity index (χ1) is 64.3. The van der Waals surface area contributed by atoms with Crippen LogP contribution in [-0.2, 0) is 12.8 Å². The summed E-state index contributed by atoms with van der Waals surface area (Å²) in [4.78, 5) is 14.4. The van der Waals surface area contributed by atoms with Crippen LogP contribution in [0.15, 0.2) is 161 Å². The first kappa shape index (κ1) is 106. The fraction of sp³-hybridized carbons (Fsp3) is 0.422. The second kappa shape index (κ2) is 52.7. The van der Waals surface area contributed by atoms with Crippen molar-refractivity contribution in [1.82, 2.24) is 80.0 Å². The zero-order chi connectivity index (χ0) is 96.1. The molecule has 0 aliphatic rings. The Morgan fingerprint density at radius 1 is 0.284 bits per heavy atom. The van der Waals surface area contributed by atoms with E-state index in [0.29, 0.717) is 95.9 Å². The van der Waals surface area contributed by atoms with E-state index in [4.69, 9.17) is 86.8 Å². The number of aromatic nitrogens is 8. The highest BCUT2D eigenvalue weighted by Crippen LogP contribution is 2.42. The molecule has 8 aromatic carbocycles. The van der Waals surface area contributed by atoms with Gasteiger partial charge >= 0.3 is 0 Å². The van der Waals surface area contributed by atoms with Gasteiger partial charge in [-0.3, -0.25) is 0 Å². The van der Waals surface area contributed by atoms with E-state index in [-0.39, 0.29) is 85.5 Å². The summed E-state index contributed by atoms with van der Waals surface area (Å²) in [6.07, 6.45) is -6.06. The number of thiocarbonyl (C=S) groups is 4. The van der Waals surface area contributed by atoms with E-state index in [0.717, 1.165) is 82.7 Å². The monoisotopic (exact) mass is 2060 g/mol. The number of aliphatic hydroxyl groups is 8. The van der Waals surface area contributed by atoms with Crippen LogP contribution in [0.25, 0.3) is 43.1 Å². The molecule has 8 N–H and O–H groups in total. The molecule has 0 spiro atoms. The third kappa shape index (κ3) is 32.2. The van der Waals surface area contributed by atoms with Gasteiger partial charge in [0.05, 0.1) is 24.4 Å². The van der Waals surface area contributed by atoms with Crippen LogP contribution in [0.1, 0.15) is 22.3 Å². The first-order valence-corrected chi connectivity index (χ1v) is 51.3. The molecular formula is C90H112N16O16S12. The number of nitrogens with zero attached hydrogens (tertiary/aromatic N) is 16. The number of hydrogen-bond donors (Lipinski definition) is 8. The van der Waals surface area contributed by atoms with Gasteiger partial charge in [-0.1, -0.05) is 141 Å². The highest BCUT2D eigenvalue weighted by atomic mass is 32.2. The van der Waals surface area contributed by atoms with Gasteiger partial charge in [0.25, 0.3) is 0 Å². The molecule has 720 valence electrons. The van der Waals surface area contributed by atoms with Gasteiger partial charge in [-0.15, -0.1) is 40.8 Å². The average molecular weight is 2060 g/mol. The summed E-state index contributed by atoms with van der Waals surface area (Å²) in [5.74, 6) is 5.77. The van der Waals surface area contributed by atoms with Crippen LogP contribution in [0.5, 0.6) is 46.0 Å². The minimum atomic E-state index is -0.893. The van der Waals surface area contributed by atoms with Gasteiger partial charge in [-0.25, -0.2) is 0 Å². The second-order valence-corrected chi connectivity index (χ2v) is 41.9. The van der Waals surface area contributed by atoms with Crippen LogP contribution in [0, 0.1) is 0 Å². The van der Waals surface area contributed by atoms with Gasteiger partial charge in [0.15, 0.2) is 37.8 Å². The van der Waals surface area contributed by atoms with Crippen molar-refractivity contribution in [2.75, 3.05) is 187 Å². The number of aliphatic hydroxyl groups excluding tert-OH is 8. The van der Waals surface area contributed by atoms with Crippen molar-refractivity contribution in [3.8, 4) is 46.0 Å². The predicted octanol–water partition coefficient (Wildman–Crippen LogP) is 10.8. The minimum absolute atomic E-state index is 0.00794. The van der Waals surface area contributed by atoms with Crippen molar-refractivity contribution < 1.29 is 78.7 Å². The van der Waals surface area contributed by atoms with E-state index in [9.17, 15) is 40.9 Å². The molecule has 0 saturated heterocycles. The molecule has 0 amide bonds. The van der Waals surface area contributed by atoms with Crippen LogP contribution < -0.4 is 37.9 Å². The van der Waals surface area contributed by atoms with Gasteiger partial charge in [0, 0.05) is 169 Å². The largest absolute Gasteiger partial charge is 0.491 e. The van der Waals surface area contributed by atoms with Crippen LogP contribution >= 0.6 is 141 Å². The van der Waals surface area contributed by atoms with Crippen molar-refractivity contribution in [3.63, 3.8) is 0 Å². The molecule has 0 saturated carbocycles. The third-order valence-electron chi connectivity index (χ3n) is 20.2. The zero-order valence-electron chi connectivity index (χ0n) is 76.1. The van der Waals surface area contributed by atoms with E-state index >= 15 is 0 Å². The molecule has 4 aromatic heterocycles. The number of hydrogen-bond acceptors (Lipinski definition) is 36. The molecule has 32 nitrogen and oxygen atoms in total. The number of rotatable bonds is 48. The van der Waals surface area contributed by atoms with E-state index in [1.807, 2.05) is 206 Å². The van der Waals surface area contributed by atoms with E-state index in [2.05, 4.69) is 40.8 Å².